The zero-order chi connectivity index (χ0) is 31.1. The average Bonchev–Trinajstić information content (AvgIpc) is 3.32. The van der Waals surface area contributed by atoms with Gasteiger partial charge in [0.15, 0.2) is 17.2 Å². The summed E-state index contributed by atoms with van der Waals surface area (Å²) in [7, 11) is -2.38. The summed E-state index contributed by atoms with van der Waals surface area (Å²) in [6.07, 6.45) is 1.14. The van der Waals surface area contributed by atoms with E-state index in [0.717, 1.165) is 22.6 Å². The van der Waals surface area contributed by atoms with Crippen molar-refractivity contribution < 1.29 is 37.1 Å². The van der Waals surface area contributed by atoms with Crippen molar-refractivity contribution >= 4 is 60.6 Å². The monoisotopic (exact) mass is 695 g/mol. The van der Waals surface area contributed by atoms with Crippen LogP contribution < -0.4 is 10.1 Å². The molecule has 0 saturated carbocycles. The minimum absolute atomic E-state index is 0.0143. The SMILES string of the molecule is CCOC(=O)COc1c(C(=O)OC)sc(-c2cccc(NC3CCN(S(=O)(=O)Cc4cccc([N+](=O)[O-])c4)CC3)c2)c1Br. The molecule has 1 aliphatic rings. The Morgan fingerprint density at radius 3 is 2.56 bits per heavy atom. The van der Waals surface area contributed by atoms with E-state index in [0.29, 0.717) is 40.8 Å². The number of benzene rings is 2. The molecule has 1 saturated heterocycles. The number of hydrogen-bond acceptors (Lipinski definition) is 11. The lowest BCUT2D eigenvalue weighted by Gasteiger charge is -2.32. The molecule has 0 radical (unpaired) electrons. The predicted molar refractivity (Wildman–Crippen MR) is 165 cm³/mol. The summed E-state index contributed by atoms with van der Waals surface area (Å²) >= 11 is 4.68. The van der Waals surface area contributed by atoms with Gasteiger partial charge in [0.25, 0.3) is 5.69 Å². The van der Waals surface area contributed by atoms with Crippen LogP contribution in [0.4, 0.5) is 11.4 Å². The lowest BCUT2D eigenvalue weighted by atomic mass is 10.1. The van der Waals surface area contributed by atoms with E-state index in [2.05, 4.69) is 21.2 Å². The number of nitrogens with one attached hydrogen (secondary N) is 1. The van der Waals surface area contributed by atoms with Crippen molar-refractivity contribution in [2.45, 2.75) is 31.6 Å². The minimum atomic E-state index is -3.65. The van der Waals surface area contributed by atoms with Gasteiger partial charge in [-0.2, -0.15) is 0 Å². The maximum Gasteiger partial charge on any atom is 0.351 e. The van der Waals surface area contributed by atoms with Gasteiger partial charge in [-0.15, -0.1) is 11.3 Å². The van der Waals surface area contributed by atoms with Crippen molar-refractivity contribution in [3.05, 3.63) is 73.6 Å². The summed E-state index contributed by atoms with van der Waals surface area (Å²) in [5.74, 6) is -1.27. The summed E-state index contributed by atoms with van der Waals surface area (Å²) in [6, 6.07) is 13.2. The third-order valence-corrected chi connectivity index (χ3v) is 10.7. The second-order valence-electron chi connectivity index (χ2n) is 9.57. The molecule has 1 aliphatic heterocycles. The number of methoxy groups -OCH3 is 1. The van der Waals surface area contributed by atoms with E-state index in [1.54, 1.807) is 13.0 Å². The quantitative estimate of drug-likeness (QED) is 0.151. The Hall–Kier alpha value is -3.53. The number of nitrogens with zero attached hydrogens (tertiary/aromatic N) is 2. The molecule has 12 nitrogen and oxygen atoms in total. The number of anilines is 1. The molecular weight excluding hydrogens is 666 g/mol. The summed E-state index contributed by atoms with van der Waals surface area (Å²) < 4.78 is 43.4. The number of carbonyl (C=O) groups excluding carboxylic acids is 2. The first kappa shape index (κ1) is 32.4. The topological polar surface area (TPSA) is 154 Å². The molecule has 0 spiro atoms. The number of non-ortho nitro benzene ring substituents is 1. The highest BCUT2D eigenvalue weighted by Gasteiger charge is 2.29. The molecule has 2 aromatic carbocycles. The maximum absolute atomic E-state index is 13.0. The third-order valence-electron chi connectivity index (χ3n) is 6.63. The van der Waals surface area contributed by atoms with Crippen molar-refractivity contribution in [1.29, 1.82) is 0 Å². The zero-order valence-electron chi connectivity index (χ0n) is 23.4. The summed E-state index contributed by atoms with van der Waals surface area (Å²) in [6.45, 7) is 2.15. The van der Waals surface area contributed by atoms with E-state index < -0.39 is 26.9 Å². The second-order valence-corrected chi connectivity index (χ2v) is 13.4. The van der Waals surface area contributed by atoms with Gasteiger partial charge in [0.1, 0.15) is 0 Å². The van der Waals surface area contributed by atoms with E-state index in [9.17, 15) is 28.1 Å². The van der Waals surface area contributed by atoms with Crippen LogP contribution in [-0.2, 0) is 30.0 Å². The van der Waals surface area contributed by atoms with E-state index >= 15 is 0 Å². The van der Waals surface area contributed by atoms with E-state index in [-0.39, 0.29) is 41.3 Å². The van der Waals surface area contributed by atoms with E-state index in [1.807, 2.05) is 24.3 Å². The Bertz CT molecular complexity index is 1600. The minimum Gasteiger partial charge on any atom is -0.479 e. The first-order valence-corrected chi connectivity index (χ1v) is 16.5. The number of nitro benzene ring substituents is 1. The van der Waals surface area contributed by atoms with Crippen LogP contribution in [-0.4, -0.2) is 69.0 Å². The molecule has 2 heterocycles. The molecule has 1 fully saturated rings. The highest BCUT2D eigenvalue weighted by Crippen LogP contribution is 2.46. The number of sulfonamides is 1. The van der Waals surface area contributed by atoms with Crippen molar-refractivity contribution in [3.63, 3.8) is 0 Å². The van der Waals surface area contributed by atoms with Gasteiger partial charge in [0, 0.05) is 37.0 Å². The smallest absolute Gasteiger partial charge is 0.351 e. The van der Waals surface area contributed by atoms with Crippen LogP contribution in [0.25, 0.3) is 10.4 Å². The van der Waals surface area contributed by atoms with Crippen LogP contribution in [0.3, 0.4) is 0 Å². The molecule has 0 aliphatic carbocycles. The van der Waals surface area contributed by atoms with Gasteiger partial charge >= 0.3 is 11.9 Å². The highest BCUT2D eigenvalue weighted by atomic mass is 79.9. The van der Waals surface area contributed by atoms with Crippen LogP contribution >= 0.6 is 27.3 Å². The van der Waals surface area contributed by atoms with Crippen molar-refractivity contribution in [3.8, 4) is 16.2 Å². The first-order chi connectivity index (χ1) is 20.5. The van der Waals surface area contributed by atoms with Gasteiger partial charge in [0.2, 0.25) is 10.0 Å². The van der Waals surface area contributed by atoms with Crippen LogP contribution in [0.15, 0.2) is 53.0 Å². The Kier molecular flexibility index (Phi) is 10.8. The van der Waals surface area contributed by atoms with Gasteiger partial charge in [-0.1, -0.05) is 24.3 Å². The van der Waals surface area contributed by atoms with Crippen LogP contribution in [0, 0.1) is 10.1 Å². The first-order valence-electron chi connectivity index (χ1n) is 13.3. The molecule has 0 atom stereocenters. The van der Waals surface area contributed by atoms with Gasteiger partial charge in [-0.05, 0) is 59.0 Å². The van der Waals surface area contributed by atoms with Crippen molar-refractivity contribution in [1.82, 2.24) is 4.31 Å². The molecule has 0 amide bonds. The van der Waals surface area contributed by atoms with Gasteiger partial charge in [0.05, 0.1) is 33.7 Å². The number of rotatable bonds is 12. The fraction of sp³-hybridized carbons (Fsp3) is 0.357. The number of halogens is 1. The Morgan fingerprint density at radius 2 is 1.88 bits per heavy atom. The molecular formula is C28H30BrN3O9S2. The lowest BCUT2D eigenvalue weighted by Crippen LogP contribution is -2.42. The average molecular weight is 697 g/mol. The summed E-state index contributed by atoms with van der Waals surface area (Å²) in [5, 5.41) is 14.5. The Labute approximate surface area is 261 Å². The molecule has 43 heavy (non-hydrogen) atoms. The number of carbonyl (C=O) groups is 2. The fourth-order valence-electron chi connectivity index (χ4n) is 4.60. The molecule has 15 heteroatoms. The lowest BCUT2D eigenvalue weighted by molar-refractivity contribution is -0.384. The molecule has 230 valence electrons. The van der Waals surface area contributed by atoms with Gasteiger partial charge in [-0.3, -0.25) is 10.1 Å². The molecule has 4 rings (SSSR count). The van der Waals surface area contributed by atoms with Crippen molar-refractivity contribution in [2.24, 2.45) is 0 Å². The number of ether oxygens (including phenoxy) is 3. The number of hydrogen-bond donors (Lipinski definition) is 1. The summed E-state index contributed by atoms with van der Waals surface area (Å²) in [5.41, 5.74) is 1.82. The van der Waals surface area contributed by atoms with Gasteiger partial charge in [-0.25, -0.2) is 22.3 Å². The standard InChI is InChI=1S/C28H30BrN3O9S2/c1-3-40-23(33)16-41-25-24(29)26(42-27(25)28(34)39-2)19-7-5-8-21(15-19)30-20-10-12-31(13-11-20)43(37,38)17-18-6-4-9-22(14-18)32(35)36/h4-9,14-15,20,30H,3,10-13,16-17H2,1-2H3. The molecule has 0 bridgehead atoms. The molecule has 0 unspecified atom stereocenters. The zero-order valence-corrected chi connectivity index (χ0v) is 26.6. The Balaban J connectivity index is 1.43. The Morgan fingerprint density at radius 1 is 1.16 bits per heavy atom. The molecule has 1 N–H and O–H groups in total. The molecule has 1 aromatic heterocycles. The maximum atomic E-state index is 13.0. The van der Waals surface area contributed by atoms with Crippen LogP contribution in [0.1, 0.15) is 35.0 Å². The predicted octanol–water partition coefficient (Wildman–Crippen LogP) is 5.22. The van der Waals surface area contributed by atoms with Crippen LogP contribution in [0.2, 0.25) is 0 Å². The molecule has 3 aromatic rings. The van der Waals surface area contributed by atoms with E-state index in [4.69, 9.17) is 14.2 Å². The van der Waals surface area contributed by atoms with Crippen molar-refractivity contribution in [2.75, 3.05) is 38.7 Å². The second kappa shape index (κ2) is 14.3. The largest absolute Gasteiger partial charge is 0.479 e. The third kappa shape index (κ3) is 8.10. The number of piperidine rings is 1. The number of esters is 2. The number of nitro groups is 1. The normalized spacial score (nSPS) is 14.2. The fourth-order valence-corrected chi connectivity index (χ4v) is 8.12. The number of thiophene rings is 1. The van der Waals surface area contributed by atoms with Crippen LogP contribution in [0.5, 0.6) is 5.75 Å². The highest BCUT2D eigenvalue weighted by molar-refractivity contribution is 9.10. The summed E-state index contributed by atoms with van der Waals surface area (Å²) in [4.78, 5) is 35.7. The van der Waals surface area contributed by atoms with E-state index in [1.165, 1.54) is 29.6 Å². The van der Waals surface area contributed by atoms with Gasteiger partial charge < -0.3 is 19.5 Å².